The Hall–Kier alpha value is -3.83. The van der Waals surface area contributed by atoms with E-state index in [-0.39, 0.29) is 18.0 Å². The number of hydrogen-bond acceptors (Lipinski definition) is 5. The van der Waals surface area contributed by atoms with Crippen molar-refractivity contribution in [2.24, 2.45) is 0 Å². The lowest BCUT2D eigenvalue weighted by Crippen LogP contribution is -2.13. The second-order valence-electron chi connectivity index (χ2n) is 6.76. The minimum absolute atomic E-state index is 0.0123. The van der Waals surface area contributed by atoms with Gasteiger partial charge < -0.3 is 19.5 Å². The van der Waals surface area contributed by atoms with Crippen molar-refractivity contribution in [3.63, 3.8) is 0 Å². The summed E-state index contributed by atoms with van der Waals surface area (Å²) in [5, 5.41) is 12.2. The standard InChI is InChI=1S/C25H20BrFN2O4/c1-31-20-9-7-19(8-10-20)29-25(30)18(14-28)11-17-12-23(32-2)24(13-21(17)26)33-15-16-5-3-4-6-22(16)27/h3-13H,15H2,1-2H3,(H,29,30)/b18-11-. The van der Waals surface area contributed by atoms with Gasteiger partial charge in [0.15, 0.2) is 11.5 Å². The molecule has 3 rings (SSSR count). The fourth-order valence-electron chi connectivity index (χ4n) is 2.88. The van der Waals surface area contributed by atoms with Crippen molar-refractivity contribution in [1.82, 2.24) is 0 Å². The summed E-state index contributed by atoms with van der Waals surface area (Å²) < 4.78 is 30.7. The van der Waals surface area contributed by atoms with Crippen LogP contribution in [0.2, 0.25) is 0 Å². The first-order chi connectivity index (χ1) is 15.9. The number of hydrogen-bond donors (Lipinski definition) is 1. The SMILES string of the molecule is COc1ccc(NC(=O)/C(C#N)=C\c2cc(OC)c(OCc3ccccc3F)cc2Br)cc1. The number of carbonyl (C=O) groups excluding carboxylic acids is 1. The fraction of sp³-hybridized carbons (Fsp3) is 0.120. The zero-order chi connectivity index (χ0) is 23.8. The molecule has 1 amide bonds. The maximum atomic E-state index is 13.9. The highest BCUT2D eigenvalue weighted by molar-refractivity contribution is 9.10. The van der Waals surface area contributed by atoms with Gasteiger partial charge in [0.1, 0.15) is 29.8 Å². The first-order valence-corrected chi connectivity index (χ1v) is 10.6. The molecular weight excluding hydrogens is 491 g/mol. The van der Waals surface area contributed by atoms with Gasteiger partial charge in [-0.3, -0.25) is 4.79 Å². The molecule has 0 saturated heterocycles. The molecule has 0 aliphatic rings. The Morgan fingerprint density at radius 1 is 1.09 bits per heavy atom. The second-order valence-corrected chi connectivity index (χ2v) is 7.61. The molecule has 0 saturated carbocycles. The molecule has 3 aromatic carbocycles. The number of anilines is 1. The molecule has 0 heterocycles. The number of ether oxygens (including phenoxy) is 3. The van der Waals surface area contributed by atoms with E-state index in [0.717, 1.165) is 0 Å². The summed E-state index contributed by atoms with van der Waals surface area (Å²) in [7, 11) is 3.01. The van der Waals surface area contributed by atoms with Crippen LogP contribution in [0.25, 0.3) is 6.08 Å². The Morgan fingerprint density at radius 2 is 1.82 bits per heavy atom. The van der Waals surface area contributed by atoms with E-state index in [1.807, 2.05) is 6.07 Å². The lowest BCUT2D eigenvalue weighted by Gasteiger charge is -2.13. The van der Waals surface area contributed by atoms with E-state index in [9.17, 15) is 14.4 Å². The van der Waals surface area contributed by atoms with Gasteiger partial charge in [0.25, 0.3) is 5.91 Å². The summed E-state index contributed by atoms with van der Waals surface area (Å²) in [6, 6.07) is 18.3. The molecule has 3 aromatic rings. The topological polar surface area (TPSA) is 80.6 Å². The number of nitrogens with one attached hydrogen (secondary N) is 1. The number of carbonyl (C=O) groups is 1. The van der Waals surface area contributed by atoms with Crippen LogP contribution in [-0.4, -0.2) is 20.1 Å². The van der Waals surface area contributed by atoms with Crippen LogP contribution in [0.4, 0.5) is 10.1 Å². The molecule has 168 valence electrons. The normalized spacial score (nSPS) is 10.8. The summed E-state index contributed by atoms with van der Waals surface area (Å²) in [4.78, 5) is 12.6. The number of halogens is 2. The Labute approximate surface area is 199 Å². The first-order valence-electron chi connectivity index (χ1n) is 9.76. The Balaban J connectivity index is 1.81. The van der Waals surface area contributed by atoms with E-state index >= 15 is 0 Å². The van der Waals surface area contributed by atoms with Crippen LogP contribution >= 0.6 is 15.9 Å². The summed E-state index contributed by atoms with van der Waals surface area (Å²) in [6.45, 7) is 0.0123. The van der Waals surface area contributed by atoms with Gasteiger partial charge >= 0.3 is 0 Å². The number of benzene rings is 3. The maximum Gasteiger partial charge on any atom is 0.266 e. The van der Waals surface area contributed by atoms with Crippen molar-refractivity contribution in [3.05, 3.63) is 87.7 Å². The van der Waals surface area contributed by atoms with E-state index in [1.54, 1.807) is 61.7 Å². The molecule has 0 spiro atoms. The zero-order valence-electron chi connectivity index (χ0n) is 17.9. The summed E-state index contributed by atoms with van der Waals surface area (Å²) in [6.07, 6.45) is 1.44. The molecule has 0 unspecified atom stereocenters. The van der Waals surface area contributed by atoms with Gasteiger partial charge in [0, 0.05) is 15.7 Å². The van der Waals surface area contributed by atoms with Crippen LogP contribution in [0.1, 0.15) is 11.1 Å². The number of methoxy groups -OCH3 is 2. The zero-order valence-corrected chi connectivity index (χ0v) is 19.5. The van der Waals surface area contributed by atoms with Crippen molar-refractivity contribution in [2.75, 3.05) is 19.5 Å². The van der Waals surface area contributed by atoms with Gasteiger partial charge in [0.05, 0.1) is 14.2 Å². The molecule has 1 N–H and O–H groups in total. The molecule has 33 heavy (non-hydrogen) atoms. The predicted molar refractivity (Wildman–Crippen MR) is 127 cm³/mol. The lowest BCUT2D eigenvalue weighted by molar-refractivity contribution is -0.112. The number of amides is 1. The minimum Gasteiger partial charge on any atom is -0.497 e. The van der Waals surface area contributed by atoms with Crippen molar-refractivity contribution < 1.29 is 23.4 Å². The van der Waals surface area contributed by atoms with E-state index in [1.165, 1.54) is 19.3 Å². The molecule has 6 nitrogen and oxygen atoms in total. The quantitative estimate of drug-likeness (QED) is 0.309. The van der Waals surface area contributed by atoms with Crippen molar-refractivity contribution in [1.29, 1.82) is 5.26 Å². The molecule has 0 aliphatic heterocycles. The Morgan fingerprint density at radius 3 is 2.45 bits per heavy atom. The summed E-state index contributed by atoms with van der Waals surface area (Å²) in [5.41, 5.74) is 1.36. The second kappa shape index (κ2) is 11.2. The van der Waals surface area contributed by atoms with E-state index in [0.29, 0.717) is 38.5 Å². The van der Waals surface area contributed by atoms with Gasteiger partial charge in [-0.05, 0) is 54.1 Å². The highest BCUT2D eigenvalue weighted by atomic mass is 79.9. The first kappa shape index (κ1) is 23.8. The highest BCUT2D eigenvalue weighted by Gasteiger charge is 2.14. The van der Waals surface area contributed by atoms with Crippen LogP contribution < -0.4 is 19.5 Å². The molecule has 0 radical (unpaired) electrons. The molecule has 0 aliphatic carbocycles. The number of nitriles is 1. The van der Waals surface area contributed by atoms with Crippen LogP contribution in [-0.2, 0) is 11.4 Å². The average Bonchev–Trinajstić information content (AvgIpc) is 2.83. The van der Waals surface area contributed by atoms with Crippen molar-refractivity contribution in [3.8, 4) is 23.3 Å². The third-order valence-electron chi connectivity index (χ3n) is 4.64. The molecule has 0 aromatic heterocycles. The van der Waals surface area contributed by atoms with Gasteiger partial charge in [0.2, 0.25) is 0 Å². The molecular formula is C25H20BrFN2O4. The van der Waals surface area contributed by atoms with E-state index in [2.05, 4.69) is 21.2 Å². The molecule has 0 atom stereocenters. The highest BCUT2D eigenvalue weighted by Crippen LogP contribution is 2.35. The Kier molecular flexibility index (Phi) is 8.06. The largest absolute Gasteiger partial charge is 0.497 e. The number of rotatable bonds is 8. The summed E-state index contributed by atoms with van der Waals surface area (Å²) >= 11 is 3.43. The average molecular weight is 511 g/mol. The van der Waals surface area contributed by atoms with E-state index in [4.69, 9.17) is 14.2 Å². The lowest BCUT2D eigenvalue weighted by atomic mass is 10.1. The van der Waals surface area contributed by atoms with Crippen molar-refractivity contribution >= 4 is 33.6 Å². The van der Waals surface area contributed by atoms with Gasteiger partial charge in [-0.1, -0.05) is 34.1 Å². The maximum absolute atomic E-state index is 13.9. The molecule has 0 fully saturated rings. The van der Waals surface area contributed by atoms with Crippen LogP contribution in [0.15, 0.2) is 70.7 Å². The van der Waals surface area contributed by atoms with Crippen molar-refractivity contribution in [2.45, 2.75) is 6.61 Å². The van der Waals surface area contributed by atoms with Gasteiger partial charge in [-0.15, -0.1) is 0 Å². The number of nitrogens with zero attached hydrogens (tertiary/aromatic N) is 1. The fourth-order valence-corrected chi connectivity index (χ4v) is 3.32. The third kappa shape index (κ3) is 6.11. The van der Waals surface area contributed by atoms with E-state index < -0.39 is 5.91 Å². The predicted octanol–water partition coefficient (Wildman–Crippen LogP) is 5.73. The van der Waals surface area contributed by atoms with Gasteiger partial charge in [-0.25, -0.2) is 4.39 Å². The molecule has 0 bridgehead atoms. The van der Waals surface area contributed by atoms with Crippen LogP contribution in [0.3, 0.4) is 0 Å². The Bertz CT molecular complexity index is 1220. The summed E-state index contributed by atoms with van der Waals surface area (Å²) in [5.74, 6) is 0.474. The third-order valence-corrected chi connectivity index (χ3v) is 5.32. The minimum atomic E-state index is -0.562. The smallest absolute Gasteiger partial charge is 0.266 e. The monoisotopic (exact) mass is 510 g/mol. The molecule has 8 heteroatoms. The van der Waals surface area contributed by atoms with Crippen LogP contribution in [0, 0.1) is 17.1 Å². The van der Waals surface area contributed by atoms with Gasteiger partial charge in [-0.2, -0.15) is 5.26 Å². The van der Waals surface area contributed by atoms with Crippen LogP contribution in [0.5, 0.6) is 17.2 Å².